The normalized spacial score (nSPS) is 11.6. The SMILES string of the molecule is Cc1nc(Br)cc(Sc2ccc(C(F)(F)F)cn2)n1. The summed E-state index contributed by atoms with van der Waals surface area (Å²) in [4.78, 5) is 12.0. The fourth-order valence-electron chi connectivity index (χ4n) is 1.27. The Morgan fingerprint density at radius 2 is 1.89 bits per heavy atom. The number of rotatable bonds is 2. The zero-order chi connectivity index (χ0) is 14.0. The first-order chi connectivity index (χ1) is 8.84. The van der Waals surface area contributed by atoms with Gasteiger partial charge in [-0.05, 0) is 46.7 Å². The first-order valence-corrected chi connectivity index (χ1v) is 6.68. The summed E-state index contributed by atoms with van der Waals surface area (Å²) in [7, 11) is 0. The lowest BCUT2D eigenvalue weighted by atomic mass is 10.3. The van der Waals surface area contributed by atoms with E-state index < -0.39 is 11.7 Å². The molecule has 19 heavy (non-hydrogen) atoms. The number of pyridine rings is 1. The Labute approximate surface area is 119 Å². The predicted molar refractivity (Wildman–Crippen MR) is 67.8 cm³/mol. The molecule has 0 aliphatic rings. The highest BCUT2D eigenvalue weighted by atomic mass is 79.9. The Morgan fingerprint density at radius 1 is 1.16 bits per heavy atom. The van der Waals surface area contributed by atoms with Crippen molar-refractivity contribution in [3.05, 3.63) is 40.4 Å². The van der Waals surface area contributed by atoms with Gasteiger partial charge in [0.25, 0.3) is 0 Å². The first-order valence-electron chi connectivity index (χ1n) is 5.07. The molecule has 0 saturated heterocycles. The Morgan fingerprint density at radius 3 is 2.42 bits per heavy atom. The van der Waals surface area contributed by atoms with Crippen LogP contribution in [0.5, 0.6) is 0 Å². The number of nitrogens with zero attached hydrogens (tertiary/aromatic N) is 3. The third-order valence-electron chi connectivity index (χ3n) is 2.06. The highest BCUT2D eigenvalue weighted by Gasteiger charge is 2.30. The maximum atomic E-state index is 12.4. The minimum absolute atomic E-state index is 0.443. The third kappa shape index (κ3) is 3.90. The topological polar surface area (TPSA) is 38.7 Å². The van der Waals surface area contributed by atoms with Crippen molar-refractivity contribution in [1.29, 1.82) is 0 Å². The molecule has 0 fully saturated rings. The minimum Gasteiger partial charge on any atom is -0.249 e. The molecular weight excluding hydrogens is 343 g/mol. The molecule has 0 saturated carbocycles. The molecule has 2 rings (SSSR count). The zero-order valence-corrected chi connectivity index (χ0v) is 12.0. The molecule has 0 spiro atoms. The van der Waals surface area contributed by atoms with E-state index in [4.69, 9.17) is 0 Å². The van der Waals surface area contributed by atoms with Crippen LogP contribution in [0.4, 0.5) is 13.2 Å². The standard InChI is InChI=1S/C11H7BrF3N3S/c1-6-17-8(12)4-10(18-6)19-9-3-2-7(5-16-9)11(13,14)15/h2-5H,1H3. The van der Waals surface area contributed by atoms with Gasteiger partial charge in [-0.3, -0.25) is 0 Å². The summed E-state index contributed by atoms with van der Waals surface area (Å²) < 4.78 is 37.8. The Hall–Kier alpha value is -1.15. The number of alkyl halides is 3. The lowest BCUT2D eigenvalue weighted by Gasteiger charge is -2.06. The highest BCUT2D eigenvalue weighted by Crippen LogP contribution is 2.31. The molecule has 2 heterocycles. The zero-order valence-electron chi connectivity index (χ0n) is 9.57. The van der Waals surface area contributed by atoms with Gasteiger partial charge < -0.3 is 0 Å². The average Bonchev–Trinajstić information content (AvgIpc) is 2.26. The van der Waals surface area contributed by atoms with Crippen LogP contribution in [-0.4, -0.2) is 15.0 Å². The van der Waals surface area contributed by atoms with Gasteiger partial charge in [0.1, 0.15) is 20.5 Å². The molecule has 2 aromatic rings. The molecule has 0 unspecified atom stereocenters. The van der Waals surface area contributed by atoms with Gasteiger partial charge in [0, 0.05) is 12.3 Å². The summed E-state index contributed by atoms with van der Waals surface area (Å²) in [5.41, 5.74) is -0.767. The molecular formula is C11H7BrF3N3S. The van der Waals surface area contributed by atoms with Crippen LogP contribution >= 0.6 is 27.7 Å². The van der Waals surface area contributed by atoms with Crippen molar-refractivity contribution in [2.75, 3.05) is 0 Å². The van der Waals surface area contributed by atoms with Crippen LogP contribution in [0.3, 0.4) is 0 Å². The second kappa shape index (κ2) is 5.46. The fraction of sp³-hybridized carbons (Fsp3) is 0.182. The summed E-state index contributed by atoms with van der Waals surface area (Å²) in [6.45, 7) is 1.73. The molecule has 0 N–H and O–H groups in total. The van der Waals surface area contributed by atoms with Crippen LogP contribution in [0.15, 0.2) is 39.1 Å². The number of hydrogen-bond donors (Lipinski definition) is 0. The summed E-state index contributed by atoms with van der Waals surface area (Å²) in [6, 6.07) is 3.99. The van der Waals surface area contributed by atoms with Crippen LogP contribution in [0.2, 0.25) is 0 Å². The van der Waals surface area contributed by atoms with Crippen LogP contribution in [0.25, 0.3) is 0 Å². The average molecular weight is 350 g/mol. The van der Waals surface area contributed by atoms with E-state index in [0.29, 0.717) is 20.5 Å². The third-order valence-corrected chi connectivity index (χ3v) is 3.33. The summed E-state index contributed by atoms with van der Waals surface area (Å²) in [5, 5.41) is 1.06. The second-order valence-electron chi connectivity index (χ2n) is 3.56. The summed E-state index contributed by atoms with van der Waals surface area (Å²) >= 11 is 4.41. The van der Waals surface area contributed by atoms with Crippen LogP contribution < -0.4 is 0 Å². The van der Waals surface area contributed by atoms with Crippen LogP contribution in [0, 0.1) is 6.92 Å². The van der Waals surface area contributed by atoms with E-state index in [0.717, 1.165) is 12.3 Å². The fourth-order valence-corrected chi connectivity index (χ4v) is 2.70. The van der Waals surface area contributed by atoms with Crippen molar-refractivity contribution in [2.45, 2.75) is 23.2 Å². The second-order valence-corrected chi connectivity index (χ2v) is 5.41. The quantitative estimate of drug-likeness (QED) is 0.764. The van der Waals surface area contributed by atoms with Crippen LogP contribution in [0.1, 0.15) is 11.4 Å². The van der Waals surface area contributed by atoms with Gasteiger partial charge in [-0.15, -0.1) is 0 Å². The van der Waals surface area contributed by atoms with Crippen molar-refractivity contribution < 1.29 is 13.2 Å². The van der Waals surface area contributed by atoms with Gasteiger partial charge in [0.2, 0.25) is 0 Å². The van der Waals surface area contributed by atoms with Gasteiger partial charge in [-0.2, -0.15) is 13.2 Å². The Kier molecular flexibility index (Phi) is 4.10. The van der Waals surface area contributed by atoms with Crippen LogP contribution in [-0.2, 0) is 6.18 Å². The molecule has 0 bridgehead atoms. The molecule has 0 aliphatic carbocycles. The number of hydrogen-bond acceptors (Lipinski definition) is 4. The first kappa shape index (κ1) is 14.3. The predicted octanol–water partition coefficient (Wildman–Crippen LogP) is 4.11. The van der Waals surface area contributed by atoms with Gasteiger partial charge in [0.05, 0.1) is 5.56 Å². The van der Waals surface area contributed by atoms with Gasteiger partial charge in [-0.1, -0.05) is 0 Å². The van der Waals surface area contributed by atoms with Crippen molar-refractivity contribution in [3.8, 4) is 0 Å². The molecule has 3 nitrogen and oxygen atoms in total. The Balaban J connectivity index is 2.20. The molecule has 2 aromatic heterocycles. The number of aryl methyl sites for hydroxylation is 1. The lowest BCUT2D eigenvalue weighted by Crippen LogP contribution is -2.05. The Bertz CT molecular complexity index is 566. The molecule has 0 radical (unpaired) electrons. The molecule has 0 aromatic carbocycles. The van der Waals surface area contributed by atoms with Crippen molar-refractivity contribution in [3.63, 3.8) is 0 Å². The molecule has 0 amide bonds. The number of halogens is 4. The van der Waals surface area contributed by atoms with E-state index in [2.05, 4.69) is 30.9 Å². The summed E-state index contributed by atoms with van der Waals surface area (Å²) in [5.74, 6) is 0.573. The van der Waals surface area contributed by atoms with E-state index in [1.807, 2.05) is 0 Å². The minimum atomic E-state index is -4.37. The van der Waals surface area contributed by atoms with E-state index in [1.54, 1.807) is 13.0 Å². The lowest BCUT2D eigenvalue weighted by molar-refractivity contribution is -0.137. The maximum absolute atomic E-state index is 12.4. The van der Waals surface area contributed by atoms with Crippen molar-refractivity contribution in [1.82, 2.24) is 15.0 Å². The molecule has 8 heteroatoms. The maximum Gasteiger partial charge on any atom is 0.417 e. The number of aromatic nitrogens is 3. The smallest absolute Gasteiger partial charge is 0.249 e. The van der Waals surface area contributed by atoms with E-state index in [-0.39, 0.29) is 0 Å². The van der Waals surface area contributed by atoms with Crippen molar-refractivity contribution >= 4 is 27.7 Å². The largest absolute Gasteiger partial charge is 0.417 e. The van der Waals surface area contributed by atoms with E-state index in [1.165, 1.54) is 17.8 Å². The molecule has 0 atom stereocenters. The van der Waals surface area contributed by atoms with E-state index in [9.17, 15) is 13.2 Å². The van der Waals surface area contributed by atoms with Crippen molar-refractivity contribution in [2.24, 2.45) is 0 Å². The highest BCUT2D eigenvalue weighted by molar-refractivity contribution is 9.10. The van der Waals surface area contributed by atoms with E-state index >= 15 is 0 Å². The summed E-state index contributed by atoms with van der Waals surface area (Å²) in [6.07, 6.45) is -3.56. The van der Waals surface area contributed by atoms with Gasteiger partial charge in [-0.25, -0.2) is 15.0 Å². The molecule has 0 aliphatic heterocycles. The van der Waals surface area contributed by atoms with Gasteiger partial charge >= 0.3 is 6.18 Å². The molecule has 100 valence electrons. The van der Waals surface area contributed by atoms with Gasteiger partial charge in [0.15, 0.2) is 0 Å². The monoisotopic (exact) mass is 349 g/mol.